The molecule has 2 aromatic carbocycles. The van der Waals surface area contributed by atoms with Gasteiger partial charge in [0.25, 0.3) is 0 Å². The molecule has 15 atom stereocenters. The molecule has 0 radical (unpaired) electrons. The molecule has 0 amide bonds. The van der Waals surface area contributed by atoms with E-state index in [1.165, 1.54) is 0 Å². The highest BCUT2D eigenvalue weighted by atomic mass is 35.5. The highest BCUT2D eigenvalue weighted by Gasteiger charge is 2.52. The Kier molecular flexibility index (Phi) is 16.8. The molecule has 1 aromatic heterocycles. The molecule has 374 valence electrons. The summed E-state index contributed by atoms with van der Waals surface area (Å²) in [6, 6.07) is 10.7. The second-order valence-electron chi connectivity index (χ2n) is 18.9. The van der Waals surface area contributed by atoms with Gasteiger partial charge >= 0.3 is 0 Å². The molecule has 3 aromatic rings. The minimum Gasteiger partial charge on any atom is -0.490 e. The second-order valence-corrected chi connectivity index (χ2v) is 19.7. The number of ketones is 1. The van der Waals surface area contributed by atoms with Crippen molar-refractivity contribution in [2.24, 2.45) is 17.2 Å². The molecule has 5 aliphatic rings. The molecule has 2 aliphatic heterocycles. The molecular formula is C48H64Cl2N4O14. The van der Waals surface area contributed by atoms with E-state index in [0.29, 0.717) is 29.3 Å². The molecule has 18 nitrogen and oxygen atoms in total. The summed E-state index contributed by atoms with van der Waals surface area (Å²) >= 11 is 13.6. The van der Waals surface area contributed by atoms with Crippen LogP contribution in [-0.4, -0.2) is 151 Å². The molecule has 8 rings (SSSR count). The van der Waals surface area contributed by atoms with Gasteiger partial charge in [-0.15, -0.1) is 0 Å². The Balaban J connectivity index is 0.800. The van der Waals surface area contributed by atoms with E-state index in [0.717, 1.165) is 59.3 Å². The van der Waals surface area contributed by atoms with Gasteiger partial charge in [-0.2, -0.15) is 0 Å². The van der Waals surface area contributed by atoms with Crippen molar-refractivity contribution in [3.8, 4) is 16.9 Å². The summed E-state index contributed by atoms with van der Waals surface area (Å²) < 4.78 is 36.0. The van der Waals surface area contributed by atoms with Gasteiger partial charge in [0, 0.05) is 58.5 Å². The van der Waals surface area contributed by atoms with E-state index in [1.54, 1.807) is 6.20 Å². The van der Waals surface area contributed by atoms with Gasteiger partial charge in [-0.05, 0) is 98.7 Å². The molecule has 3 heterocycles. The summed E-state index contributed by atoms with van der Waals surface area (Å²) in [6.45, 7) is -0.375. The van der Waals surface area contributed by atoms with Gasteiger partial charge in [0.05, 0.1) is 37.1 Å². The fourth-order valence-electron chi connectivity index (χ4n) is 9.41. The topological polar surface area (TPSA) is 305 Å². The Morgan fingerprint density at radius 3 is 2.12 bits per heavy atom. The third-order valence-corrected chi connectivity index (χ3v) is 14.5. The van der Waals surface area contributed by atoms with Crippen molar-refractivity contribution in [1.29, 1.82) is 0 Å². The lowest BCUT2D eigenvalue weighted by molar-refractivity contribution is -0.333. The van der Waals surface area contributed by atoms with Crippen LogP contribution in [0.15, 0.2) is 54.9 Å². The van der Waals surface area contributed by atoms with Crippen LogP contribution < -0.4 is 21.9 Å². The predicted octanol–water partition coefficient (Wildman–Crippen LogP) is 1.63. The number of rotatable bonds is 20. The number of carbonyl (C=O) groups is 1. The van der Waals surface area contributed by atoms with E-state index < -0.39 is 104 Å². The first kappa shape index (κ1) is 51.4. The highest BCUT2D eigenvalue weighted by molar-refractivity contribution is 6.34. The standard InChI is InChI=1S/C48H64Cl2N4O14/c49-30-18-24(22-63-48(14-15-48)29-20-54-16-13-27(29)28-7-3-4-8-34(28)64-26-10-11-26)31(50)17-23(30)5-1-2-6-25(56)9-12-35-39(58)41(60)42(61)47(65-35)68-45-33(52)19-32(51)44(43(45)62)67-46-40(59)37(53)38(57)36(21-55)66-46/h3-4,7-8,13,16-18,20,26,32-33,35-47,55,57-62H,1-2,5-6,9-12,14-15,19,21-22,51-53H2/t32-,33+,35-,36-,37+,38-,39-,40-,41+,42-,43-,44+,45-,46-,47-/m0/s1. The SMILES string of the molecule is N[C@H]1[C@H](O)[C@H](O[C@H]2[C@H](O)[C@@H](O[C@@H]3O[C@@H](CCC(=O)CCCCc4cc(Cl)c(COC5(c6cnccc6-c6ccccc6OC6CC6)CC5)cc4Cl)[C@H](O)[C@@H](O)[C@@H]3O)[C@H](N)C[C@@H]2N)O[C@@H](CO)[C@@H]1O. The quantitative estimate of drug-likeness (QED) is 0.0720. The maximum atomic E-state index is 13.1. The lowest BCUT2D eigenvalue weighted by Gasteiger charge is -2.48. The number of nitrogens with two attached hydrogens (primary N) is 3. The van der Waals surface area contributed by atoms with Crippen molar-refractivity contribution >= 4 is 29.0 Å². The lowest BCUT2D eigenvalue weighted by Crippen LogP contribution is -2.68. The van der Waals surface area contributed by atoms with E-state index >= 15 is 0 Å². The Morgan fingerprint density at radius 1 is 0.765 bits per heavy atom. The smallest absolute Gasteiger partial charge is 0.187 e. The summed E-state index contributed by atoms with van der Waals surface area (Å²) in [4.78, 5) is 17.5. The van der Waals surface area contributed by atoms with Crippen LogP contribution in [0.5, 0.6) is 5.75 Å². The zero-order valence-electron chi connectivity index (χ0n) is 37.5. The number of aliphatic hydroxyl groups excluding tert-OH is 7. The van der Waals surface area contributed by atoms with Gasteiger partial charge in [-0.3, -0.25) is 9.78 Å². The van der Waals surface area contributed by atoms with E-state index in [1.807, 2.05) is 42.6 Å². The highest BCUT2D eigenvalue weighted by Crippen LogP contribution is 2.53. The van der Waals surface area contributed by atoms with Crippen molar-refractivity contribution in [3.63, 3.8) is 0 Å². The van der Waals surface area contributed by atoms with E-state index in [2.05, 4.69) is 11.1 Å². The van der Waals surface area contributed by atoms with Crippen LogP contribution in [0.25, 0.3) is 11.1 Å². The van der Waals surface area contributed by atoms with E-state index in [4.69, 9.17) is 68.8 Å². The molecule has 2 saturated heterocycles. The molecule has 5 fully saturated rings. The number of hydrogen-bond acceptors (Lipinski definition) is 18. The largest absolute Gasteiger partial charge is 0.490 e. The summed E-state index contributed by atoms with van der Waals surface area (Å²) in [5.41, 5.74) is 22.6. The Hall–Kier alpha value is -2.96. The molecule has 20 heteroatoms. The van der Waals surface area contributed by atoms with Crippen LogP contribution in [0.3, 0.4) is 0 Å². The number of aromatic nitrogens is 1. The van der Waals surface area contributed by atoms with Crippen LogP contribution >= 0.6 is 23.2 Å². The molecule has 3 aliphatic carbocycles. The number of halogens is 2. The summed E-state index contributed by atoms with van der Waals surface area (Å²) in [5.74, 6) is 0.745. The van der Waals surface area contributed by atoms with Crippen molar-refractivity contribution < 1.29 is 69.0 Å². The number of para-hydroxylation sites is 1. The van der Waals surface area contributed by atoms with Crippen LogP contribution in [0.1, 0.15) is 80.9 Å². The van der Waals surface area contributed by atoms with Gasteiger partial charge in [0.1, 0.15) is 66.5 Å². The monoisotopic (exact) mass is 990 g/mol. The molecule has 0 bridgehead atoms. The van der Waals surface area contributed by atoms with Crippen LogP contribution in [0, 0.1) is 0 Å². The number of Topliss-reactive ketones (excluding diaryl/α,β-unsaturated/α-hetero) is 1. The number of benzene rings is 2. The number of unbranched alkanes of at least 4 members (excludes halogenated alkanes) is 1. The average molecular weight is 992 g/mol. The molecule has 3 saturated carbocycles. The minimum absolute atomic E-state index is 0.00690. The normalized spacial score (nSPS) is 34.7. The second kappa shape index (κ2) is 22.2. The number of ether oxygens (including phenoxy) is 6. The maximum absolute atomic E-state index is 13.1. The Labute approximate surface area is 404 Å². The third kappa shape index (κ3) is 11.5. The zero-order valence-corrected chi connectivity index (χ0v) is 39.1. The molecule has 13 N–H and O–H groups in total. The number of pyridine rings is 1. The first-order valence-corrected chi connectivity index (χ1v) is 24.3. The molecular weight excluding hydrogens is 927 g/mol. The van der Waals surface area contributed by atoms with Crippen LogP contribution in [-0.2, 0) is 47.1 Å². The van der Waals surface area contributed by atoms with E-state index in [9.17, 15) is 40.5 Å². The number of hydrogen-bond donors (Lipinski definition) is 10. The summed E-state index contributed by atoms with van der Waals surface area (Å²) in [7, 11) is 0. The lowest BCUT2D eigenvalue weighted by atomic mass is 9.84. The summed E-state index contributed by atoms with van der Waals surface area (Å²) in [6.07, 6.45) is -7.83. The number of carbonyl (C=O) groups excluding carboxylic acids is 1. The van der Waals surface area contributed by atoms with Crippen LogP contribution in [0.2, 0.25) is 10.0 Å². The van der Waals surface area contributed by atoms with Crippen molar-refractivity contribution in [2.75, 3.05) is 6.61 Å². The Morgan fingerprint density at radius 2 is 1.43 bits per heavy atom. The minimum atomic E-state index is -1.77. The first-order valence-electron chi connectivity index (χ1n) is 23.5. The van der Waals surface area contributed by atoms with Gasteiger partial charge in [0.15, 0.2) is 12.6 Å². The fourth-order valence-corrected chi connectivity index (χ4v) is 9.93. The van der Waals surface area contributed by atoms with Gasteiger partial charge in [-0.1, -0.05) is 41.4 Å². The van der Waals surface area contributed by atoms with Crippen molar-refractivity contribution in [3.05, 3.63) is 81.6 Å². The zero-order chi connectivity index (χ0) is 48.4. The number of nitrogens with zero attached hydrogens (tertiary/aromatic N) is 1. The summed E-state index contributed by atoms with van der Waals surface area (Å²) in [5, 5.41) is 75.3. The maximum Gasteiger partial charge on any atom is 0.187 e. The molecule has 0 unspecified atom stereocenters. The first-order chi connectivity index (χ1) is 32.6. The van der Waals surface area contributed by atoms with Crippen molar-refractivity contribution in [2.45, 2.75) is 181 Å². The molecule has 0 spiro atoms. The van der Waals surface area contributed by atoms with Gasteiger partial charge in [-0.25, -0.2) is 0 Å². The van der Waals surface area contributed by atoms with Crippen molar-refractivity contribution in [1.82, 2.24) is 4.98 Å². The molecule has 68 heavy (non-hydrogen) atoms. The average Bonchev–Trinajstić information content (AvgIpc) is 4.28. The van der Waals surface area contributed by atoms with Crippen LogP contribution in [0.4, 0.5) is 0 Å². The number of aliphatic hydroxyl groups is 7. The number of aryl methyl sites for hydroxylation is 1. The third-order valence-electron chi connectivity index (χ3n) is 13.8. The van der Waals surface area contributed by atoms with Gasteiger partial charge in [0.2, 0.25) is 0 Å². The van der Waals surface area contributed by atoms with E-state index in [-0.39, 0.29) is 44.2 Å². The predicted molar refractivity (Wildman–Crippen MR) is 246 cm³/mol. The Bertz CT molecular complexity index is 2190. The van der Waals surface area contributed by atoms with Gasteiger partial charge < -0.3 is 81.4 Å². The fraction of sp³-hybridized carbons (Fsp3) is 0.625.